The van der Waals surface area contributed by atoms with Crippen LogP contribution < -0.4 is 16.3 Å². The highest BCUT2D eigenvalue weighted by Gasteiger charge is 2.27. The predicted molar refractivity (Wildman–Crippen MR) is 111 cm³/mol. The Labute approximate surface area is 170 Å². The summed E-state index contributed by atoms with van der Waals surface area (Å²) in [4.78, 5) is 32.3. The molecule has 7 heteroatoms. The summed E-state index contributed by atoms with van der Waals surface area (Å²) in [5.41, 5.74) is 1.10. The standard InChI is InChI=1S/C22H28N4O3/c1-14-13-18(15-7-10-23-11-8-15)29-22(28)19(14)21(27)25-20-16(5-3-9-24-20)17-6-4-12-26(17)2/h3,5,9,13,15,17,23H,4,6-8,10-12H2,1-2H3,(H,24,25,27). The Morgan fingerprint density at radius 3 is 2.79 bits per heavy atom. The molecule has 2 saturated heterocycles. The van der Waals surface area contributed by atoms with Gasteiger partial charge in [0.15, 0.2) is 0 Å². The fraction of sp³-hybridized carbons (Fsp3) is 0.500. The number of piperidine rings is 1. The van der Waals surface area contributed by atoms with Crippen LogP contribution >= 0.6 is 0 Å². The van der Waals surface area contributed by atoms with Gasteiger partial charge in [-0.2, -0.15) is 0 Å². The van der Waals surface area contributed by atoms with Crippen molar-refractivity contribution in [2.24, 2.45) is 0 Å². The van der Waals surface area contributed by atoms with Crippen molar-refractivity contribution in [3.63, 3.8) is 0 Å². The van der Waals surface area contributed by atoms with Crippen LogP contribution in [0.2, 0.25) is 0 Å². The number of anilines is 1. The second kappa shape index (κ2) is 8.47. The van der Waals surface area contributed by atoms with Crippen molar-refractivity contribution < 1.29 is 9.21 Å². The summed E-state index contributed by atoms with van der Waals surface area (Å²) in [5.74, 6) is 0.947. The molecule has 2 aliphatic heterocycles. The minimum absolute atomic E-state index is 0.0547. The maximum absolute atomic E-state index is 13.0. The molecule has 1 atom stereocenters. The molecule has 154 valence electrons. The van der Waals surface area contributed by atoms with Gasteiger partial charge in [-0.25, -0.2) is 9.78 Å². The fourth-order valence-corrected chi connectivity index (χ4v) is 4.48. The van der Waals surface area contributed by atoms with Gasteiger partial charge in [-0.05, 0) is 77.0 Å². The van der Waals surface area contributed by atoms with Crippen LogP contribution in [0, 0.1) is 6.92 Å². The lowest BCUT2D eigenvalue weighted by Gasteiger charge is -2.22. The number of aromatic nitrogens is 1. The molecule has 2 aromatic rings. The van der Waals surface area contributed by atoms with Crippen molar-refractivity contribution in [2.75, 3.05) is 32.0 Å². The number of hydrogen-bond donors (Lipinski definition) is 2. The van der Waals surface area contributed by atoms with Crippen LogP contribution in [0.1, 0.15) is 64.9 Å². The quantitative estimate of drug-likeness (QED) is 0.826. The number of aryl methyl sites for hydroxylation is 1. The molecule has 0 bridgehead atoms. The van der Waals surface area contributed by atoms with Gasteiger partial charge in [0.05, 0.1) is 0 Å². The van der Waals surface area contributed by atoms with Gasteiger partial charge in [0, 0.05) is 23.7 Å². The maximum atomic E-state index is 13.0. The highest BCUT2D eigenvalue weighted by molar-refractivity contribution is 6.04. The summed E-state index contributed by atoms with van der Waals surface area (Å²) < 4.78 is 5.56. The predicted octanol–water partition coefficient (Wildman–Crippen LogP) is 2.83. The Hall–Kier alpha value is -2.51. The van der Waals surface area contributed by atoms with E-state index < -0.39 is 11.5 Å². The smallest absolute Gasteiger partial charge is 0.349 e. The van der Waals surface area contributed by atoms with E-state index in [1.807, 2.05) is 18.2 Å². The third-order valence-electron chi connectivity index (χ3n) is 6.09. The lowest BCUT2D eigenvalue weighted by Crippen LogP contribution is -2.28. The third kappa shape index (κ3) is 4.11. The number of likely N-dealkylation sites (tertiary alicyclic amines) is 1. The number of nitrogens with zero attached hydrogens (tertiary/aromatic N) is 2. The molecule has 0 spiro atoms. The molecule has 4 heterocycles. The van der Waals surface area contributed by atoms with E-state index in [0.29, 0.717) is 17.1 Å². The van der Waals surface area contributed by atoms with Crippen LogP contribution in [-0.4, -0.2) is 42.5 Å². The Bertz CT molecular complexity index is 949. The van der Waals surface area contributed by atoms with Crippen LogP contribution in [0.25, 0.3) is 0 Å². The van der Waals surface area contributed by atoms with E-state index >= 15 is 0 Å². The number of rotatable bonds is 4. The largest absolute Gasteiger partial charge is 0.427 e. The molecule has 2 aliphatic rings. The van der Waals surface area contributed by atoms with Crippen LogP contribution in [0.15, 0.2) is 33.6 Å². The van der Waals surface area contributed by atoms with Crippen molar-refractivity contribution in [2.45, 2.75) is 44.6 Å². The van der Waals surface area contributed by atoms with E-state index in [4.69, 9.17) is 4.42 Å². The second-order valence-corrected chi connectivity index (χ2v) is 8.05. The van der Waals surface area contributed by atoms with Gasteiger partial charge in [0.2, 0.25) is 0 Å². The van der Waals surface area contributed by atoms with E-state index in [1.165, 1.54) is 0 Å². The van der Waals surface area contributed by atoms with Gasteiger partial charge in [-0.3, -0.25) is 9.69 Å². The van der Waals surface area contributed by atoms with Crippen molar-refractivity contribution in [1.82, 2.24) is 15.2 Å². The fourth-order valence-electron chi connectivity index (χ4n) is 4.48. The van der Waals surface area contributed by atoms with Gasteiger partial charge >= 0.3 is 5.63 Å². The molecule has 2 aromatic heterocycles. The van der Waals surface area contributed by atoms with E-state index in [2.05, 4.69) is 27.6 Å². The zero-order chi connectivity index (χ0) is 20.4. The first kappa shape index (κ1) is 19.8. The van der Waals surface area contributed by atoms with E-state index in [0.717, 1.165) is 50.9 Å². The number of nitrogens with one attached hydrogen (secondary N) is 2. The SMILES string of the molecule is Cc1cc(C2CCNCC2)oc(=O)c1C(=O)Nc1ncccc1C1CCCN1C. The number of carbonyl (C=O) groups is 1. The van der Waals surface area contributed by atoms with E-state index in [-0.39, 0.29) is 17.5 Å². The van der Waals surface area contributed by atoms with Crippen LogP contribution in [0.4, 0.5) is 5.82 Å². The van der Waals surface area contributed by atoms with Gasteiger partial charge in [-0.15, -0.1) is 0 Å². The van der Waals surface area contributed by atoms with Crippen molar-refractivity contribution >= 4 is 11.7 Å². The van der Waals surface area contributed by atoms with E-state index in [1.54, 1.807) is 13.1 Å². The van der Waals surface area contributed by atoms with E-state index in [9.17, 15) is 9.59 Å². The first-order valence-electron chi connectivity index (χ1n) is 10.4. The molecule has 0 aromatic carbocycles. The van der Waals surface area contributed by atoms with Crippen LogP contribution in [0.5, 0.6) is 0 Å². The normalized spacial score (nSPS) is 20.7. The Kier molecular flexibility index (Phi) is 5.78. The summed E-state index contributed by atoms with van der Waals surface area (Å²) in [7, 11) is 2.08. The molecule has 0 radical (unpaired) electrons. The van der Waals surface area contributed by atoms with Crippen LogP contribution in [0.3, 0.4) is 0 Å². The van der Waals surface area contributed by atoms with Gasteiger partial charge < -0.3 is 15.1 Å². The van der Waals surface area contributed by atoms with Crippen LogP contribution in [-0.2, 0) is 0 Å². The summed E-state index contributed by atoms with van der Waals surface area (Å²) in [5, 5.41) is 6.17. The number of hydrogen-bond acceptors (Lipinski definition) is 6. The van der Waals surface area contributed by atoms with Crippen molar-refractivity contribution in [1.29, 1.82) is 0 Å². The molecule has 7 nitrogen and oxygen atoms in total. The highest BCUT2D eigenvalue weighted by atomic mass is 16.4. The number of amides is 1. The summed E-state index contributed by atoms with van der Waals surface area (Å²) in [6.07, 6.45) is 5.66. The highest BCUT2D eigenvalue weighted by Crippen LogP contribution is 2.34. The van der Waals surface area contributed by atoms with Gasteiger partial charge in [0.1, 0.15) is 17.1 Å². The second-order valence-electron chi connectivity index (χ2n) is 8.05. The van der Waals surface area contributed by atoms with Crippen molar-refractivity contribution in [3.8, 4) is 0 Å². The molecule has 4 rings (SSSR count). The summed E-state index contributed by atoms with van der Waals surface area (Å²) in [6, 6.07) is 5.94. The van der Waals surface area contributed by atoms with Gasteiger partial charge in [-0.1, -0.05) is 6.07 Å². The molecule has 2 fully saturated rings. The molecular formula is C22H28N4O3. The molecular weight excluding hydrogens is 368 g/mol. The first-order chi connectivity index (χ1) is 14.0. The lowest BCUT2D eigenvalue weighted by molar-refractivity contribution is 0.102. The first-order valence-corrected chi connectivity index (χ1v) is 10.4. The van der Waals surface area contributed by atoms with Gasteiger partial charge in [0.25, 0.3) is 5.91 Å². The summed E-state index contributed by atoms with van der Waals surface area (Å²) in [6.45, 7) is 4.63. The van der Waals surface area contributed by atoms with Crippen molar-refractivity contribution in [3.05, 3.63) is 57.3 Å². The number of carbonyl (C=O) groups excluding carboxylic acids is 1. The zero-order valence-corrected chi connectivity index (χ0v) is 17.0. The molecule has 0 saturated carbocycles. The minimum Gasteiger partial charge on any atom is -0.427 e. The average Bonchev–Trinajstić information content (AvgIpc) is 3.14. The molecule has 2 N–H and O–H groups in total. The molecule has 29 heavy (non-hydrogen) atoms. The Balaban J connectivity index is 1.59. The Morgan fingerprint density at radius 2 is 2.10 bits per heavy atom. The molecule has 1 amide bonds. The maximum Gasteiger partial charge on any atom is 0.349 e. The molecule has 1 unspecified atom stereocenters. The summed E-state index contributed by atoms with van der Waals surface area (Å²) >= 11 is 0. The lowest BCUT2D eigenvalue weighted by atomic mass is 9.94. The average molecular weight is 396 g/mol. The third-order valence-corrected chi connectivity index (χ3v) is 6.09. The number of pyridine rings is 1. The minimum atomic E-state index is -0.577. The zero-order valence-electron chi connectivity index (χ0n) is 17.0. The monoisotopic (exact) mass is 396 g/mol. The Morgan fingerprint density at radius 1 is 1.31 bits per heavy atom. The topological polar surface area (TPSA) is 87.5 Å². The molecule has 0 aliphatic carbocycles.